The maximum absolute atomic E-state index is 14.3. The summed E-state index contributed by atoms with van der Waals surface area (Å²) in [5.41, 5.74) is -0.449. The van der Waals surface area contributed by atoms with Crippen molar-refractivity contribution < 1.29 is 14.6 Å². The predicted octanol–water partition coefficient (Wildman–Crippen LogP) is 1.28. The minimum Gasteiger partial charge on any atom is -0.508 e. The van der Waals surface area contributed by atoms with Crippen LogP contribution in [-0.2, 0) is 0 Å². The number of benzene rings is 2. The highest BCUT2D eigenvalue weighted by molar-refractivity contribution is 7.27. The molecule has 0 fully saturated rings. The van der Waals surface area contributed by atoms with Gasteiger partial charge in [-0.15, -0.1) is 9.24 Å². The molecule has 0 spiro atoms. The van der Waals surface area contributed by atoms with E-state index < -0.39 is 11.5 Å². The third-order valence-corrected chi connectivity index (χ3v) is 3.59. The van der Waals surface area contributed by atoms with Gasteiger partial charge < -0.3 is 10.2 Å². The molecule has 0 bridgehead atoms. The van der Waals surface area contributed by atoms with E-state index in [2.05, 4.69) is 19.4 Å². The highest BCUT2D eigenvalue weighted by Crippen LogP contribution is 2.31. The summed E-state index contributed by atoms with van der Waals surface area (Å²) in [5, 5.41) is 25.6. The lowest BCUT2D eigenvalue weighted by molar-refractivity contribution is 0.451. The molecule has 6 nitrogen and oxygen atoms in total. The fourth-order valence-electron chi connectivity index (χ4n) is 2.12. The Morgan fingerprint density at radius 2 is 2.00 bits per heavy atom. The van der Waals surface area contributed by atoms with E-state index in [0.29, 0.717) is 5.30 Å². The predicted molar refractivity (Wildman–Crippen MR) is 82.3 cm³/mol. The van der Waals surface area contributed by atoms with Gasteiger partial charge in [0.1, 0.15) is 11.5 Å². The van der Waals surface area contributed by atoms with Crippen LogP contribution in [0.4, 0.5) is 4.39 Å². The highest BCUT2D eigenvalue weighted by Gasteiger charge is 2.19. The Balaban J connectivity index is 2.29. The topological polar surface area (TPSA) is 91.1 Å². The number of rotatable bonds is 2. The smallest absolute Gasteiger partial charge is 0.348 e. The summed E-state index contributed by atoms with van der Waals surface area (Å²) >= 11 is 0. The molecule has 0 aliphatic heterocycles. The van der Waals surface area contributed by atoms with Gasteiger partial charge in [-0.2, -0.15) is 5.10 Å². The van der Waals surface area contributed by atoms with Crippen molar-refractivity contribution in [1.82, 2.24) is 14.8 Å². The lowest BCUT2D eigenvalue weighted by atomic mass is 10.1. The Bertz CT molecular complexity index is 920. The second-order valence-corrected chi connectivity index (χ2v) is 5.19. The quantitative estimate of drug-likeness (QED) is 0.621. The minimum atomic E-state index is -0.642. The average molecular weight is 319 g/mol. The fourth-order valence-corrected chi connectivity index (χ4v) is 2.38. The summed E-state index contributed by atoms with van der Waals surface area (Å²) in [4.78, 5) is 12.0. The van der Waals surface area contributed by atoms with Crippen molar-refractivity contribution >= 4 is 14.5 Å². The van der Waals surface area contributed by atoms with E-state index in [1.807, 2.05) is 0 Å². The summed E-state index contributed by atoms with van der Waals surface area (Å²) in [5.74, 6) is -0.959. The Labute approximate surface area is 126 Å². The van der Waals surface area contributed by atoms with Crippen molar-refractivity contribution in [2.75, 3.05) is 0 Å². The Kier molecular flexibility index (Phi) is 3.42. The molecule has 2 aromatic carbocycles. The number of hydrogen-bond donors (Lipinski definition) is 3. The molecule has 1 aromatic heterocycles. The summed E-state index contributed by atoms with van der Waals surface area (Å²) in [7, 11) is 2.24. The molecule has 0 aliphatic rings. The molecule has 0 saturated heterocycles. The lowest BCUT2D eigenvalue weighted by Gasteiger charge is -2.09. The summed E-state index contributed by atoms with van der Waals surface area (Å²) in [6.45, 7) is 0. The number of H-pyrrole nitrogens is 1. The van der Waals surface area contributed by atoms with Gasteiger partial charge >= 0.3 is 5.69 Å². The van der Waals surface area contributed by atoms with Gasteiger partial charge in [0, 0.05) is 11.4 Å². The maximum atomic E-state index is 14.3. The number of aromatic hydroxyl groups is 2. The molecule has 3 N–H and O–H groups in total. The molecule has 0 saturated carbocycles. The van der Waals surface area contributed by atoms with E-state index in [9.17, 15) is 19.4 Å². The molecular formula is C14H11FN3O3P. The van der Waals surface area contributed by atoms with Crippen LogP contribution in [0.15, 0.2) is 41.2 Å². The van der Waals surface area contributed by atoms with Gasteiger partial charge in [-0.25, -0.2) is 18.9 Å². The minimum absolute atomic E-state index is 0.00808. The van der Waals surface area contributed by atoms with Gasteiger partial charge in [-0.3, -0.25) is 0 Å². The number of aromatic amines is 1. The third-order valence-electron chi connectivity index (χ3n) is 3.14. The van der Waals surface area contributed by atoms with Gasteiger partial charge in [-0.05, 0) is 18.2 Å². The first-order valence-electron chi connectivity index (χ1n) is 6.23. The van der Waals surface area contributed by atoms with E-state index in [4.69, 9.17) is 0 Å². The zero-order valence-electron chi connectivity index (χ0n) is 11.1. The van der Waals surface area contributed by atoms with Crippen LogP contribution in [0.3, 0.4) is 0 Å². The third kappa shape index (κ3) is 2.25. The second kappa shape index (κ2) is 5.27. The van der Waals surface area contributed by atoms with Crippen LogP contribution in [0.1, 0.15) is 0 Å². The largest absolute Gasteiger partial charge is 0.508 e. The number of nitrogens with one attached hydrogen (secondary N) is 1. The number of phenols is 2. The summed E-state index contributed by atoms with van der Waals surface area (Å²) in [6, 6.07) is 8.41. The molecule has 3 aromatic rings. The number of phenolic OH excluding ortho intramolecular Hbond substituents is 2. The van der Waals surface area contributed by atoms with Crippen LogP contribution in [-0.4, -0.2) is 25.0 Å². The zero-order chi connectivity index (χ0) is 15.9. The van der Waals surface area contributed by atoms with E-state index in [1.54, 1.807) is 12.1 Å². The van der Waals surface area contributed by atoms with Crippen LogP contribution >= 0.6 is 9.24 Å². The van der Waals surface area contributed by atoms with Gasteiger partial charge in [0.2, 0.25) is 0 Å². The molecule has 22 heavy (non-hydrogen) atoms. The first kappa shape index (κ1) is 14.3. The monoisotopic (exact) mass is 319 g/mol. The maximum Gasteiger partial charge on any atom is 0.348 e. The molecule has 8 heteroatoms. The molecule has 1 unspecified atom stereocenters. The van der Waals surface area contributed by atoms with Crippen LogP contribution in [0, 0.1) is 5.82 Å². The zero-order valence-corrected chi connectivity index (χ0v) is 12.3. The molecule has 1 heterocycles. The van der Waals surface area contributed by atoms with E-state index in [0.717, 1.165) is 10.6 Å². The summed E-state index contributed by atoms with van der Waals surface area (Å²) < 4.78 is 15.3. The molecule has 112 valence electrons. The number of nitrogens with zero attached hydrogens (tertiary/aromatic N) is 2. The van der Waals surface area contributed by atoms with Crippen LogP contribution in [0.25, 0.3) is 17.1 Å². The van der Waals surface area contributed by atoms with Crippen LogP contribution in [0.5, 0.6) is 11.5 Å². The van der Waals surface area contributed by atoms with E-state index in [-0.39, 0.29) is 28.6 Å². The van der Waals surface area contributed by atoms with Gasteiger partial charge in [0.25, 0.3) is 0 Å². The van der Waals surface area contributed by atoms with Crippen molar-refractivity contribution in [3.8, 4) is 28.6 Å². The Morgan fingerprint density at radius 3 is 2.73 bits per heavy atom. The SMILES string of the molecule is O=c1[nH]nc(-c2ccc(O)cc2O)n1-c1cccc(P)c1F. The van der Waals surface area contributed by atoms with E-state index in [1.165, 1.54) is 18.2 Å². The van der Waals surface area contributed by atoms with Crippen LogP contribution < -0.4 is 11.0 Å². The van der Waals surface area contributed by atoms with Crippen LogP contribution in [0.2, 0.25) is 0 Å². The van der Waals surface area contributed by atoms with Gasteiger partial charge in [0.15, 0.2) is 11.6 Å². The molecule has 0 aliphatic carbocycles. The Morgan fingerprint density at radius 1 is 1.23 bits per heavy atom. The summed E-state index contributed by atoms with van der Waals surface area (Å²) in [6.07, 6.45) is 0. The average Bonchev–Trinajstić information content (AvgIpc) is 2.84. The molecule has 0 radical (unpaired) electrons. The first-order valence-corrected chi connectivity index (χ1v) is 6.81. The first-order chi connectivity index (χ1) is 10.5. The fraction of sp³-hybridized carbons (Fsp3) is 0. The van der Waals surface area contributed by atoms with Gasteiger partial charge in [0.05, 0.1) is 11.3 Å². The highest BCUT2D eigenvalue weighted by atomic mass is 31.0. The van der Waals surface area contributed by atoms with Gasteiger partial charge in [-0.1, -0.05) is 12.1 Å². The van der Waals surface area contributed by atoms with Crippen molar-refractivity contribution in [3.63, 3.8) is 0 Å². The van der Waals surface area contributed by atoms with Crippen molar-refractivity contribution in [2.24, 2.45) is 0 Å². The normalized spacial score (nSPS) is 10.8. The van der Waals surface area contributed by atoms with E-state index >= 15 is 0 Å². The Hall–Kier alpha value is -2.66. The number of halogens is 1. The molecular weight excluding hydrogens is 308 g/mol. The lowest BCUT2D eigenvalue weighted by Crippen LogP contribution is -2.19. The van der Waals surface area contributed by atoms with Crippen molar-refractivity contribution in [1.29, 1.82) is 0 Å². The number of aromatic nitrogens is 3. The molecule has 1 atom stereocenters. The van der Waals surface area contributed by atoms with Crippen molar-refractivity contribution in [3.05, 3.63) is 52.7 Å². The second-order valence-electron chi connectivity index (χ2n) is 4.57. The van der Waals surface area contributed by atoms with Crippen molar-refractivity contribution in [2.45, 2.75) is 0 Å². The number of hydrogen-bond acceptors (Lipinski definition) is 4. The molecule has 3 rings (SSSR count). The molecule has 0 amide bonds. The standard InChI is InChI=1S/C14H11FN3O3P/c15-12-9(2-1-3-11(12)22)18-13(16-17-14(18)21)8-5-4-7(19)6-10(8)20/h1-6,19-20H,22H2,(H,17,21).